The molecule has 2 amide bonds. The molecule has 1 saturated heterocycles. The first-order valence-corrected chi connectivity index (χ1v) is 11.9. The van der Waals surface area contributed by atoms with Crippen LogP contribution in [-0.4, -0.2) is 37.0 Å². The monoisotopic (exact) mass is 531 g/mol. The van der Waals surface area contributed by atoms with Gasteiger partial charge in [-0.3, -0.25) is 9.59 Å². The lowest BCUT2D eigenvalue weighted by atomic mass is 9.92. The van der Waals surface area contributed by atoms with Gasteiger partial charge in [-0.1, -0.05) is 35.3 Å². The summed E-state index contributed by atoms with van der Waals surface area (Å²) in [6.07, 6.45) is -3.41. The minimum Gasteiger partial charge on any atom is -0.350 e. The van der Waals surface area contributed by atoms with Crippen LogP contribution in [-0.2, 0) is 27.6 Å². The summed E-state index contributed by atoms with van der Waals surface area (Å²) in [6, 6.07) is 5.80. The van der Waals surface area contributed by atoms with Crippen LogP contribution in [0.1, 0.15) is 36.0 Å². The molecule has 4 rings (SSSR count). The lowest BCUT2D eigenvalue weighted by molar-refractivity contribution is -0.137. The molecule has 1 aliphatic carbocycles. The highest BCUT2D eigenvalue weighted by atomic mass is 35.5. The van der Waals surface area contributed by atoms with E-state index in [1.807, 2.05) is 0 Å². The van der Waals surface area contributed by atoms with Gasteiger partial charge in [-0.2, -0.15) is 13.2 Å². The zero-order chi connectivity index (χ0) is 25.4. The number of carbonyl (C=O) groups is 2. The molecule has 3 N–H and O–H groups in total. The van der Waals surface area contributed by atoms with Crippen molar-refractivity contribution in [2.45, 2.75) is 49.4 Å². The van der Waals surface area contributed by atoms with E-state index in [0.717, 1.165) is 25.1 Å². The topological polar surface area (TPSA) is 70.2 Å². The van der Waals surface area contributed by atoms with Crippen LogP contribution in [0, 0.1) is 5.82 Å². The van der Waals surface area contributed by atoms with Gasteiger partial charge in [0.15, 0.2) is 0 Å². The Balaban J connectivity index is 1.57. The van der Waals surface area contributed by atoms with E-state index in [9.17, 15) is 27.2 Å². The fourth-order valence-corrected chi connectivity index (χ4v) is 4.80. The second-order valence-corrected chi connectivity index (χ2v) is 9.78. The molecule has 1 unspecified atom stereocenters. The van der Waals surface area contributed by atoms with Crippen LogP contribution in [0.3, 0.4) is 0 Å². The lowest BCUT2D eigenvalue weighted by Gasteiger charge is -2.24. The van der Waals surface area contributed by atoms with E-state index in [-0.39, 0.29) is 30.9 Å². The van der Waals surface area contributed by atoms with E-state index in [1.54, 1.807) is 12.1 Å². The van der Waals surface area contributed by atoms with Crippen molar-refractivity contribution in [3.8, 4) is 0 Å². The molecule has 188 valence electrons. The molecular formula is C24H23Cl2F4N3O2. The van der Waals surface area contributed by atoms with Crippen LogP contribution in [0.2, 0.25) is 10.0 Å². The fourth-order valence-electron chi connectivity index (χ4n) is 4.32. The zero-order valence-corrected chi connectivity index (χ0v) is 20.0. The quantitative estimate of drug-likeness (QED) is 0.464. The first-order valence-electron chi connectivity index (χ1n) is 11.1. The third-order valence-electron chi connectivity index (χ3n) is 6.46. The molecule has 2 fully saturated rings. The number of nitrogens with one attached hydrogen (secondary N) is 3. The van der Waals surface area contributed by atoms with Gasteiger partial charge in [0, 0.05) is 34.6 Å². The summed E-state index contributed by atoms with van der Waals surface area (Å²) in [4.78, 5) is 26.4. The Morgan fingerprint density at radius 3 is 2.46 bits per heavy atom. The first kappa shape index (κ1) is 25.7. The van der Waals surface area contributed by atoms with Crippen molar-refractivity contribution in [3.63, 3.8) is 0 Å². The Labute approximate surface area is 209 Å². The Morgan fingerprint density at radius 1 is 1.14 bits per heavy atom. The minimum atomic E-state index is -4.70. The molecule has 1 saturated carbocycles. The third-order valence-corrected chi connectivity index (χ3v) is 7.05. The number of hydrogen-bond acceptors (Lipinski definition) is 3. The van der Waals surface area contributed by atoms with Crippen LogP contribution in [0.15, 0.2) is 36.4 Å². The molecule has 0 bridgehead atoms. The van der Waals surface area contributed by atoms with Gasteiger partial charge in [-0.15, -0.1) is 0 Å². The number of benzene rings is 2. The summed E-state index contributed by atoms with van der Waals surface area (Å²) < 4.78 is 53.5. The molecule has 2 atom stereocenters. The highest BCUT2D eigenvalue weighted by Crippen LogP contribution is 2.50. The van der Waals surface area contributed by atoms with Gasteiger partial charge >= 0.3 is 6.18 Å². The van der Waals surface area contributed by atoms with Crippen molar-refractivity contribution >= 4 is 35.0 Å². The van der Waals surface area contributed by atoms with Gasteiger partial charge in [-0.25, -0.2) is 4.39 Å². The summed E-state index contributed by atoms with van der Waals surface area (Å²) in [6.45, 7) is 1.34. The standard InChI is InChI=1S/C24H23Cl2F4N3O2/c25-15-3-1-13(18(26)11-15)9-20(21(34)32-16-5-8-31-12-16)33-22(35)23(6-7-23)17-4-2-14(10-19(17)27)24(28,29)30/h1-4,10-11,16,20,31H,5-9,12H2,(H,32,34)(H,33,35)/t16-,20?/m0/s1. The summed E-state index contributed by atoms with van der Waals surface area (Å²) >= 11 is 12.2. The molecule has 0 aromatic heterocycles. The maximum absolute atomic E-state index is 14.7. The van der Waals surface area contributed by atoms with Gasteiger partial charge in [0.05, 0.1) is 11.0 Å². The van der Waals surface area contributed by atoms with Crippen LogP contribution in [0.4, 0.5) is 17.6 Å². The van der Waals surface area contributed by atoms with Gasteiger partial charge in [0.2, 0.25) is 11.8 Å². The molecule has 1 heterocycles. The molecule has 11 heteroatoms. The SMILES string of the molecule is O=C(N[C@H]1CCNC1)C(Cc1ccc(Cl)cc1Cl)NC(=O)C1(c2ccc(C(F)(F)F)cc2F)CC1. The normalized spacial score (nSPS) is 19.8. The molecule has 1 aliphatic heterocycles. The Morgan fingerprint density at radius 2 is 1.89 bits per heavy atom. The molecular weight excluding hydrogens is 509 g/mol. The van der Waals surface area contributed by atoms with Crippen molar-refractivity contribution in [1.29, 1.82) is 0 Å². The van der Waals surface area contributed by atoms with E-state index in [1.165, 1.54) is 6.07 Å². The van der Waals surface area contributed by atoms with Gasteiger partial charge < -0.3 is 16.0 Å². The van der Waals surface area contributed by atoms with Gasteiger partial charge in [0.1, 0.15) is 11.9 Å². The minimum absolute atomic E-state index is 0.0549. The average molecular weight is 532 g/mol. The molecule has 2 aromatic carbocycles. The highest BCUT2D eigenvalue weighted by molar-refractivity contribution is 6.35. The van der Waals surface area contributed by atoms with E-state index >= 15 is 0 Å². The van der Waals surface area contributed by atoms with Crippen LogP contribution in [0.5, 0.6) is 0 Å². The van der Waals surface area contributed by atoms with E-state index < -0.39 is 40.8 Å². The maximum Gasteiger partial charge on any atom is 0.416 e. The number of rotatable bonds is 7. The van der Waals surface area contributed by atoms with Crippen molar-refractivity contribution in [3.05, 3.63) is 69.0 Å². The number of hydrogen-bond donors (Lipinski definition) is 3. The number of carbonyl (C=O) groups excluding carboxylic acids is 2. The van der Waals surface area contributed by atoms with Crippen molar-refractivity contribution in [2.24, 2.45) is 0 Å². The summed E-state index contributed by atoms with van der Waals surface area (Å²) in [5.74, 6) is -2.15. The highest BCUT2D eigenvalue weighted by Gasteiger charge is 2.53. The van der Waals surface area contributed by atoms with E-state index in [0.29, 0.717) is 28.2 Å². The summed E-state index contributed by atoms with van der Waals surface area (Å²) in [5.41, 5.74) is -2.00. The summed E-state index contributed by atoms with van der Waals surface area (Å²) in [5, 5.41) is 9.47. The van der Waals surface area contributed by atoms with Gasteiger partial charge in [-0.05, 0) is 55.6 Å². The van der Waals surface area contributed by atoms with E-state index in [2.05, 4.69) is 16.0 Å². The zero-order valence-electron chi connectivity index (χ0n) is 18.4. The number of amides is 2. The second-order valence-electron chi connectivity index (χ2n) is 8.94. The Hall–Kier alpha value is -2.36. The van der Waals surface area contributed by atoms with Crippen molar-refractivity contribution < 1.29 is 27.2 Å². The predicted octanol–water partition coefficient (Wildman–Crippen LogP) is 4.39. The van der Waals surface area contributed by atoms with Crippen LogP contribution >= 0.6 is 23.2 Å². The molecule has 2 aliphatic rings. The second kappa shape index (κ2) is 9.95. The maximum atomic E-state index is 14.7. The van der Waals surface area contributed by atoms with Gasteiger partial charge in [0.25, 0.3) is 0 Å². The average Bonchev–Trinajstić information content (AvgIpc) is 3.43. The van der Waals surface area contributed by atoms with Crippen LogP contribution < -0.4 is 16.0 Å². The third kappa shape index (κ3) is 5.73. The molecule has 0 spiro atoms. The first-order chi connectivity index (χ1) is 16.5. The molecule has 35 heavy (non-hydrogen) atoms. The van der Waals surface area contributed by atoms with Crippen molar-refractivity contribution in [1.82, 2.24) is 16.0 Å². The number of alkyl halides is 3. The lowest BCUT2D eigenvalue weighted by Crippen LogP contribution is -2.53. The molecule has 0 radical (unpaired) electrons. The van der Waals surface area contributed by atoms with Crippen molar-refractivity contribution in [2.75, 3.05) is 13.1 Å². The summed E-state index contributed by atoms with van der Waals surface area (Å²) in [7, 11) is 0. The molecule has 2 aromatic rings. The Bertz CT molecular complexity index is 1130. The Kier molecular flexibility index (Phi) is 7.31. The smallest absolute Gasteiger partial charge is 0.350 e. The van der Waals surface area contributed by atoms with E-state index in [4.69, 9.17) is 23.2 Å². The fraction of sp³-hybridized carbons (Fsp3) is 0.417. The largest absolute Gasteiger partial charge is 0.416 e. The number of halogens is 6. The van der Waals surface area contributed by atoms with Crippen LogP contribution in [0.25, 0.3) is 0 Å². The predicted molar refractivity (Wildman–Crippen MR) is 124 cm³/mol. The molecule has 5 nitrogen and oxygen atoms in total.